The summed E-state index contributed by atoms with van der Waals surface area (Å²) >= 11 is 0. The van der Waals surface area contributed by atoms with E-state index in [9.17, 15) is 0 Å². The lowest BCUT2D eigenvalue weighted by Gasteiger charge is -2.24. The van der Waals surface area contributed by atoms with Gasteiger partial charge in [-0.2, -0.15) is 0 Å². The number of rotatable bonds is 17. The van der Waals surface area contributed by atoms with Crippen molar-refractivity contribution in [2.45, 2.75) is 38.5 Å². The molecule has 0 aromatic heterocycles. The van der Waals surface area contributed by atoms with Gasteiger partial charge in [0, 0.05) is 0 Å². The Morgan fingerprint density at radius 1 is 0.321 bits per heavy atom. The van der Waals surface area contributed by atoms with Crippen LogP contribution >= 0.6 is 74.4 Å². The number of hydrogen-bond donors (Lipinski definition) is 4. The van der Waals surface area contributed by atoms with Gasteiger partial charge in [-0.1, -0.05) is 0 Å². The van der Waals surface area contributed by atoms with Gasteiger partial charge in [-0.25, -0.2) is 0 Å². The number of unbranched alkanes of at least 4 members (excludes halogenated alkanes) is 1. The summed E-state index contributed by atoms with van der Waals surface area (Å²) in [7, 11) is 0. The van der Waals surface area contributed by atoms with Crippen LogP contribution in [0.5, 0.6) is 0 Å². The SMILES string of the molecule is Cl.Cl.Cl.Cl.Cl.Cl.NCCCN(CCCN)CCCCN(CCCN)CCCN. The molecule has 0 aliphatic rings. The first-order chi connectivity index (χ1) is 10.8. The minimum Gasteiger partial charge on any atom is -0.330 e. The summed E-state index contributed by atoms with van der Waals surface area (Å²) in [4.78, 5) is 5.01. The molecule has 0 saturated carbocycles. The molecule has 0 aliphatic carbocycles. The van der Waals surface area contributed by atoms with Crippen molar-refractivity contribution in [3.05, 3.63) is 0 Å². The molecule has 0 aromatic rings. The fourth-order valence-electron chi connectivity index (χ4n) is 2.60. The van der Waals surface area contributed by atoms with Gasteiger partial charge in [0.1, 0.15) is 0 Å². The minimum atomic E-state index is 0. The zero-order valence-electron chi connectivity index (χ0n) is 17.0. The topological polar surface area (TPSA) is 111 Å². The lowest BCUT2D eigenvalue weighted by molar-refractivity contribution is 0.237. The minimum absolute atomic E-state index is 0. The van der Waals surface area contributed by atoms with Crippen LogP contribution in [-0.2, 0) is 0 Å². The van der Waals surface area contributed by atoms with Crippen LogP contribution in [0.15, 0.2) is 0 Å². The fraction of sp³-hybridized carbons (Fsp3) is 1.00. The molecule has 0 saturated heterocycles. The highest BCUT2D eigenvalue weighted by Gasteiger charge is 2.06. The van der Waals surface area contributed by atoms with Gasteiger partial charge < -0.3 is 32.7 Å². The van der Waals surface area contributed by atoms with Gasteiger partial charge >= 0.3 is 0 Å². The fourth-order valence-corrected chi connectivity index (χ4v) is 2.60. The van der Waals surface area contributed by atoms with E-state index in [1.54, 1.807) is 0 Å². The first-order valence-corrected chi connectivity index (χ1v) is 9.03. The molecule has 0 amide bonds. The lowest BCUT2D eigenvalue weighted by atomic mass is 10.2. The number of hydrogen-bond acceptors (Lipinski definition) is 6. The third-order valence-corrected chi connectivity index (χ3v) is 3.91. The van der Waals surface area contributed by atoms with Crippen molar-refractivity contribution < 1.29 is 0 Å². The van der Waals surface area contributed by atoms with Crippen LogP contribution < -0.4 is 22.9 Å². The molecule has 8 N–H and O–H groups in total. The molecular weight excluding hydrogens is 489 g/mol. The zero-order chi connectivity index (χ0) is 16.5. The average Bonchev–Trinajstić information content (AvgIpc) is 2.54. The van der Waals surface area contributed by atoms with E-state index in [4.69, 9.17) is 22.9 Å². The number of nitrogens with zero attached hydrogens (tertiary/aromatic N) is 2. The lowest BCUT2D eigenvalue weighted by Crippen LogP contribution is -2.32. The van der Waals surface area contributed by atoms with Crippen molar-refractivity contribution in [1.82, 2.24) is 9.80 Å². The highest BCUT2D eigenvalue weighted by molar-refractivity contribution is 5.86. The van der Waals surface area contributed by atoms with Crippen LogP contribution in [0.3, 0.4) is 0 Å². The maximum Gasteiger partial charge on any atom is -0.000671 e. The van der Waals surface area contributed by atoms with Crippen molar-refractivity contribution in [3.63, 3.8) is 0 Å². The zero-order valence-corrected chi connectivity index (χ0v) is 21.9. The van der Waals surface area contributed by atoms with Crippen LogP contribution in [0.1, 0.15) is 38.5 Å². The smallest absolute Gasteiger partial charge is 0.000671 e. The first kappa shape index (κ1) is 47.3. The molecule has 0 aromatic carbocycles. The predicted molar refractivity (Wildman–Crippen MR) is 140 cm³/mol. The van der Waals surface area contributed by atoms with E-state index in [-0.39, 0.29) is 74.4 Å². The van der Waals surface area contributed by atoms with Gasteiger partial charge in [-0.3, -0.25) is 0 Å². The molecule has 182 valence electrons. The predicted octanol–water partition coefficient (Wildman–Crippen LogP) is 2.30. The van der Waals surface area contributed by atoms with Crippen LogP contribution in [0.25, 0.3) is 0 Å². The highest BCUT2D eigenvalue weighted by Crippen LogP contribution is 2.02. The number of nitrogens with two attached hydrogens (primary N) is 4. The molecule has 28 heavy (non-hydrogen) atoms. The summed E-state index contributed by atoms with van der Waals surface area (Å²) in [6.07, 6.45) is 6.76. The van der Waals surface area contributed by atoms with Crippen molar-refractivity contribution in [2.24, 2.45) is 22.9 Å². The Balaban J connectivity index is -0.000000147. The Hall–Kier alpha value is 1.50. The van der Waals surface area contributed by atoms with E-state index in [0.717, 1.165) is 91.1 Å². The van der Waals surface area contributed by atoms with Crippen molar-refractivity contribution >= 4 is 74.4 Å². The molecule has 12 heteroatoms. The molecule has 0 unspecified atom stereocenters. The van der Waals surface area contributed by atoms with Crippen molar-refractivity contribution in [3.8, 4) is 0 Å². The Morgan fingerprint density at radius 3 is 0.679 bits per heavy atom. The second-order valence-corrected chi connectivity index (χ2v) is 5.96. The summed E-state index contributed by atoms with van der Waals surface area (Å²) in [6.45, 7) is 9.78. The molecule has 0 atom stereocenters. The van der Waals surface area contributed by atoms with E-state index in [2.05, 4.69) is 9.80 Å². The van der Waals surface area contributed by atoms with Gasteiger partial charge in [0.2, 0.25) is 0 Å². The normalized spacial score (nSPS) is 9.21. The Morgan fingerprint density at radius 2 is 0.500 bits per heavy atom. The molecular formula is C16H46Cl6N6. The van der Waals surface area contributed by atoms with Crippen molar-refractivity contribution in [2.75, 3.05) is 65.4 Å². The molecule has 6 nitrogen and oxygen atoms in total. The summed E-state index contributed by atoms with van der Waals surface area (Å²) in [5, 5.41) is 0. The van der Waals surface area contributed by atoms with Gasteiger partial charge in [-0.15, -0.1) is 74.4 Å². The van der Waals surface area contributed by atoms with Crippen molar-refractivity contribution in [1.29, 1.82) is 0 Å². The molecule has 0 bridgehead atoms. The molecule has 0 aliphatic heterocycles. The van der Waals surface area contributed by atoms with E-state index in [1.165, 1.54) is 12.8 Å². The monoisotopic (exact) mass is 532 g/mol. The third kappa shape index (κ3) is 32.2. The van der Waals surface area contributed by atoms with Crippen LogP contribution in [0.2, 0.25) is 0 Å². The van der Waals surface area contributed by atoms with Gasteiger partial charge in [-0.05, 0) is 104 Å². The van der Waals surface area contributed by atoms with Gasteiger partial charge in [0.25, 0.3) is 0 Å². The molecule has 0 spiro atoms. The quantitative estimate of drug-likeness (QED) is 0.213. The molecule has 0 radical (unpaired) electrons. The summed E-state index contributed by atoms with van der Waals surface area (Å²) in [5.41, 5.74) is 22.5. The molecule has 0 rings (SSSR count). The van der Waals surface area contributed by atoms with Crippen LogP contribution in [0.4, 0.5) is 0 Å². The molecule has 0 heterocycles. The van der Waals surface area contributed by atoms with Gasteiger partial charge in [0.05, 0.1) is 0 Å². The third-order valence-electron chi connectivity index (χ3n) is 3.91. The largest absolute Gasteiger partial charge is 0.330 e. The van der Waals surface area contributed by atoms with E-state index < -0.39 is 0 Å². The first-order valence-electron chi connectivity index (χ1n) is 9.03. The Kier molecular flexibility index (Phi) is 66.0. The van der Waals surface area contributed by atoms with E-state index >= 15 is 0 Å². The average molecular weight is 535 g/mol. The summed E-state index contributed by atoms with van der Waals surface area (Å²) < 4.78 is 0. The van der Waals surface area contributed by atoms with E-state index in [0.29, 0.717) is 0 Å². The maximum absolute atomic E-state index is 5.61. The molecule has 0 fully saturated rings. The summed E-state index contributed by atoms with van der Waals surface area (Å²) in [5.74, 6) is 0. The van der Waals surface area contributed by atoms with Crippen LogP contribution in [0, 0.1) is 0 Å². The standard InChI is InChI=1S/C16H40N6.6ClH/c17-7-3-13-21(14-4-8-18)11-1-2-12-22(15-5-9-19)16-6-10-20;;;;;;/h1-20H2;6*1H. The Bertz CT molecular complexity index is 198. The maximum atomic E-state index is 5.61. The van der Waals surface area contributed by atoms with E-state index in [1.807, 2.05) is 0 Å². The second kappa shape index (κ2) is 39.0. The number of halogens is 6. The Labute approximate surface area is 210 Å². The second-order valence-electron chi connectivity index (χ2n) is 5.96. The van der Waals surface area contributed by atoms with Gasteiger partial charge in [0.15, 0.2) is 0 Å². The van der Waals surface area contributed by atoms with Crippen LogP contribution in [-0.4, -0.2) is 75.2 Å². The summed E-state index contributed by atoms with van der Waals surface area (Å²) in [6, 6.07) is 0. The highest BCUT2D eigenvalue weighted by atomic mass is 35.5.